The summed E-state index contributed by atoms with van der Waals surface area (Å²) in [5.74, 6) is 0.182. The summed E-state index contributed by atoms with van der Waals surface area (Å²) in [6.45, 7) is 13.4. The van der Waals surface area contributed by atoms with Crippen molar-refractivity contribution in [2.24, 2.45) is 11.3 Å². The molecule has 4 nitrogen and oxygen atoms in total. The topological polar surface area (TPSA) is 44.8 Å². The highest BCUT2D eigenvalue weighted by atomic mass is 16.7. The molecule has 0 aromatic rings. The maximum atomic E-state index is 11.7. The fraction of sp³-hybridized carbons (Fsp3) is 0.933. The highest BCUT2D eigenvalue weighted by molar-refractivity contribution is 5.75. The van der Waals surface area contributed by atoms with Crippen molar-refractivity contribution in [2.75, 3.05) is 19.8 Å². The zero-order valence-electron chi connectivity index (χ0n) is 13.3. The van der Waals surface area contributed by atoms with Crippen LogP contribution >= 0.6 is 0 Å². The highest BCUT2D eigenvalue weighted by Gasteiger charge is 2.26. The van der Waals surface area contributed by atoms with Gasteiger partial charge in [0, 0.05) is 18.9 Å². The fourth-order valence-corrected chi connectivity index (χ4v) is 1.36. The van der Waals surface area contributed by atoms with Crippen molar-refractivity contribution in [3.8, 4) is 0 Å². The summed E-state index contributed by atoms with van der Waals surface area (Å²) in [6, 6.07) is 0. The third-order valence-electron chi connectivity index (χ3n) is 3.12. The van der Waals surface area contributed by atoms with Crippen LogP contribution in [0.2, 0.25) is 0 Å². The molecule has 1 unspecified atom stereocenters. The van der Waals surface area contributed by atoms with E-state index in [2.05, 4.69) is 13.8 Å². The first kappa shape index (κ1) is 18.4. The summed E-state index contributed by atoms with van der Waals surface area (Å²) in [5.41, 5.74) is -0.396. The minimum atomic E-state index is -0.396. The van der Waals surface area contributed by atoms with Crippen LogP contribution in [0.25, 0.3) is 0 Å². The summed E-state index contributed by atoms with van der Waals surface area (Å²) < 4.78 is 16.3. The van der Waals surface area contributed by atoms with Gasteiger partial charge in [0.2, 0.25) is 0 Å². The Balaban J connectivity index is 3.78. The molecule has 0 heterocycles. The van der Waals surface area contributed by atoms with Gasteiger partial charge in [-0.2, -0.15) is 0 Å². The monoisotopic (exact) mass is 274 g/mol. The summed E-state index contributed by atoms with van der Waals surface area (Å²) in [7, 11) is 0. The van der Waals surface area contributed by atoms with Crippen LogP contribution in [0.3, 0.4) is 0 Å². The Morgan fingerprint density at radius 1 is 1.11 bits per heavy atom. The van der Waals surface area contributed by atoms with Crippen molar-refractivity contribution in [1.29, 1.82) is 0 Å². The van der Waals surface area contributed by atoms with E-state index in [4.69, 9.17) is 14.2 Å². The lowest BCUT2D eigenvalue weighted by Gasteiger charge is -2.22. The van der Waals surface area contributed by atoms with E-state index in [-0.39, 0.29) is 12.3 Å². The quantitative estimate of drug-likeness (QED) is 0.348. The van der Waals surface area contributed by atoms with E-state index in [9.17, 15) is 4.79 Å². The Hall–Kier alpha value is -0.610. The lowest BCUT2D eigenvalue weighted by atomic mass is 9.91. The van der Waals surface area contributed by atoms with Crippen molar-refractivity contribution >= 4 is 5.97 Å². The molecule has 0 N–H and O–H groups in total. The van der Waals surface area contributed by atoms with Crippen LogP contribution in [0.4, 0.5) is 0 Å². The van der Waals surface area contributed by atoms with Gasteiger partial charge in [-0.15, -0.1) is 0 Å². The second-order valence-corrected chi connectivity index (χ2v) is 5.67. The van der Waals surface area contributed by atoms with E-state index in [1.807, 2.05) is 27.7 Å². The molecule has 0 aromatic heterocycles. The van der Waals surface area contributed by atoms with E-state index < -0.39 is 5.41 Å². The van der Waals surface area contributed by atoms with Gasteiger partial charge in [-0.05, 0) is 27.2 Å². The SMILES string of the molecule is CCOC(OCCCOC(=O)C(C)(C)CC)C(C)C. The lowest BCUT2D eigenvalue weighted by Crippen LogP contribution is -2.27. The predicted octanol–water partition coefficient (Wildman–Crippen LogP) is 3.39. The Morgan fingerprint density at radius 2 is 1.74 bits per heavy atom. The standard InChI is InChI=1S/C15H30O4/c1-7-15(5,6)14(16)19-11-9-10-18-13(12(3)4)17-8-2/h12-13H,7-11H2,1-6H3. The average Bonchev–Trinajstić information content (AvgIpc) is 2.36. The van der Waals surface area contributed by atoms with E-state index in [1.54, 1.807) is 0 Å². The van der Waals surface area contributed by atoms with Crippen molar-refractivity contribution in [1.82, 2.24) is 0 Å². The summed E-state index contributed by atoms with van der Waals surface area (Å²) >= 11 is 0. The predicted molar refractivity (Wildman–Crippen MR) is 75.9 cm³/mol. The molecule has 4 heteroatoms. The molecule has 0 saturated heterocycles. The van der Waals surface area contributed by atoms with Crippen molar-refractivity contribution in [2.45, 2.75) is 60.7 Å². The maximum Gasteiger partial charge on any atom is 0.311 e. The van der Waals surface area contributed by atoms with Crippen LogP contribution in [0, 0.1) is 11.3 Å². The molecule has 0 aliphatic heterocycles. The molecule has 1 atom stereocenters. The molecule has 0 amide bonds. The minimum absolute atomic E-state index is 0.139. The molecule has 0 radical (unpaired) electrons. The third kappa shape index (κ3) is 7.53. The number of rotatable bonds is 10. The zero-order valence-corrected chi connectivity index (χ0v) is 13.3. The van der Waals surface area contributed by atoms with Gasteiger partial charge in [0.15, 0.2) is 6.29 Å². The minimum Gasteiger partial charge on any atom is -0.465 e. The van der Waals surface area contributed by atoms with Crippen molar-refractivity contribution < 1.29 is 19.0 Å². The number of ether oxygens (including phenoxy) is 3. The molecule has 0 fully saturated rings. The maximum absolute atomic E-state index is 11.7. The molecule has 114 valence electrons. The second kappa shape index (κ2) is 9.32. The molecule has 0 saturated carbocycles. The number of carbonyl (C=O) groups is 1. The average molecular weight is 274 g/mol. The Labute approximate surface area is 117 Å². The third-order valence-corrected chi connectivity index (χ3v) is 3.12. The van der Waals surface area contributed by atoms with Gasteiger partial charge in [0.05, 0.1) is 18.6 Å². The first-order valence-corrected chi connectivity index (χ1v) is 7.25. The molecular formula is C15H30O4. The van der Waals surface area contributed by atoms with Gasteiger partial charge < -0.3 is 14.2 Å². The van der Waals surface area contributed by atoms with Crippen molar-refractivity contribution in [3.05, 3.63) is 0 Å². The van der Waals surface area contributed by atoms with Crippen LogP contribution < -0.4 is 0 Å². The van der Waals surface area contributed by atoms with E-state index in [0.717, 1.165) is 6.42 Å². The molecule has 0 bridgehead atoms. The molecule has 19 heavy (non-hydrogen) atoms. The van der Waals surface area contributed by atoms with Crippen molar-refractivity contribution in [3.63, 3.8) is 0 Å². The zero-order chi connectivity index (χ0) is 14.9. The summed E-state index contributed by atoms with van der Waals surface area (Å²) in [4.78, 5) is 11.7. The van der Waals surface area contributed by atoms with E-state index >= 15 is 0 Å². The molecule has 0 aliphatic carbocycles. The van der Waals surface area contributed by atoms with Crippen LogP contribution in [0.1, 0.15) is 54.4 Å². The molecule has 0 rings (SSSR count). The summed E-state index contributed by atoms with van der Waals surface area (Å²) in [6.07, 6.45) is 1.30. The van der Waals surface area contributed by atoms with Gasteiger partial charge >= 0.3 is 5.97 Å². The highest BCUT2D eigenvalue weighted by Crippen LogP contribution is 2.21. The Morgan fingerprint density at radius 3 is 2.21 bits per heavy atom. The summed E-state index contributed by atoms with van der Waals surface area (Å²) in [5, 5.41) is 0. The molecule has 0 aromatic carbocycles. The van der Waals surface area contributed by atoms with Gasteiger partial charge in [0.1, 0.15) is 0 Å². The number of carbonyl (C=O) groups excluding carboxylic acids is 1. The molecular weight excluding hydrogens is 244 g/mol. The smallest absolute Gasteiger partial charge is 0.311 e. The number of hydrogen-bond acceptors (Lipinski definition) is 4. The first-order chi connectivity index (χ1) is 8.85. The lowest BCUT2D eigenvalue weighted by molar-refractivity contribution is -0.167. The first-order valence-electron chi connectivity index (χ1n) is 7.25. The Kier molecular flexibility index (Phi) is 9.02. The largest absolute Gasteiger partial charge is 0.465 e. The fourth-order valence-electron chi connectivity index (χ4n) is 1.36. The van der Waals surface area contributed by atoms with Gasteiger partial charge in [-0.1, -0.05) is 20.8 Å². The Bertz CT molecular complexity index is 249. The van der Waals surface area contributed by atoms with E-state index in [0.29, 0.717) is 32.2 Å². The van der Waals surface area contributed by atoms with Gasteiger partial charge in [0.25, 0.3) is 0 Å². The second-order valence-electron chi connectivity index (χ2n) is 5.67. The van der Waals surface area contributed by atoms with Gasteiger partial charge in [-0.25, -0.2) is 0 Å². The molecule has 0 aliphatic rings. The van der Waals surface area contributed by atoms with Crippen LogP contribution in [0.5, 0.6) is 0 Å². The number of hydrogen-bond donors (Lipinski definition) is 0. The van der Waals surface area contributed by atoms with Crippen LogP contribution in [-0.2, 0) is 19.0 Å². The number of esters is 1. The van der Waals surface area contributed by atoms with Gasteiger partial charge in [-0.3, -0.25) is 4.79 Å². The van der Waals surface area contributed by atoms with E-state index in [1.165, 1.54) is 0 Å². The molecule has 0 spiro atoms. The van der Waals surface area contributed by atoms with Crippen LogP contribution in [0.15, 0.2) is 0 Å². The van der Waals surface area contributed by atoms with Crippen LogP contribution in [-0.4, -0.2) is 32.1 Å². The normalized spacial score (nSPS) is 13.6.